The molecule has 0 radical (unpaired) electrons. The number of hydrogen-bond donors (Lipinski definition) is 2. The van der Waals surface area contributed by atoms with Crippen molar-refractivity contribution in [2.45, 2.75) is 38.9 Å². The molecule has 0 spiro atoms. The van der Waals surface area contributed by atoms with Crippen LogP contribution in [0.3, 0.4) is 0 Å². The third-order valence-electron chi connectivity index (χ3n) is 4.03. The summed E-state index contributed by atoms with van der Waals surface area (Å²) in [5, 5.41) is 11.7. The van der Waals surface area contributed by atoms with Gasteiger partial charge >= 0.3 is 11.7 Å². The van der Waals surface area contributed by atoms with Crippen molar-refractivity contribution in [3.63, 3.8) is 0 Å². The number of carbonyl (C=O) groups is 2. The molecule has 0 aliphatic heterocycles. The van der Waals surface area contributed by atoms with Crippen molar-refractivity contribution in [2.24, 2.45) is 0 Å². The van der Waals surface area contributed by atoms with Crippen LogP contribution in [0.4, 0.5) is 5.00 Å². The molecular formula is C19H22N4O5S2. The molecule has 3 rings (SSSR count). The van der Waals surface area contributed by atoms with Gasteiger partial charge in [0, 0.05) is 17.5 Å². The van der Waals surface area contributed by atoms with E-state index in [1.165, 1.54) is 15.9 Å². The summed E-state index contributed by atoms with van der Waals surface area (Å²) in [6, 6.07) is 3.57. The number of aryl methyl sites for hydroxylation is 1. The quantitative estimate of drug-likeness (QED) is 0.378. The van der Waals surface area contributed by atoms with Crippen LogP contribution in [-0.4, -0.2) is 39.0 Å². The smallest absolute Gasteiger partial charge is 0.343 e. The van der Waals surface area contributed by atoms with Gasteiger partial charge in [-0.3, -0.25) is 9.36 Å². The summed E-state index contributed by atoms with van der Waals surface area (Å²) in [5.74, 6) is 0.415. The minimum atomic E-state index is -0.533. The summed E-state index contributed by atoms with van der Waals surface area (Å²) >= 11 is 2.37. The van der Waals surface area contributed by atoms with Crippen molar-refractivity contribution in [2.75, 3.05) is 17.7 Å². The van der Waals surface area contributed by atoms with Crippen LogP contribution in [0, 0.1) is 6.92 Å². The Bertz CT molecular complexity index is 1090. The van der Waals surface area contributed by atoms with E-state index in [1.807, 2.05) is 13.8 Å². The molecule has 0 aliphatic rings. The molecule has 30 heavy (non-hydrogen) atoms. The fourth-order valence-electron chi connectivity index (χ4n) is 2.74. The van der Waals surface area contributed by atoms with Gasteiger partial charge in [-0.05, 0) is 32.4 Å². The predicted octanol–water partition coefficient (Wildman–Crippen LogP) is 3.52. The minimum absolute atomic E-state index is 0.0311. The number of aromatic nitrogens is 3. The molecule has 0 atom stereocenters. The van der Waals surface area contributed by atoms with Crippen LogP contribution >= 0.6 is 23.1 Å². The number of nitrogens with one attached hydrogen (secondary N) is 2. The average molecular weight is 451 g/mol. The largest absolute Gasteiger partial charge is 0.462 e. The van der Waals surface area contributed by atoms with E-state index in [1.54, 1.807) is 24.4 Å². The van der Waals surface area contributed by atoms with Gasteiger partial charge in [0.1, 0.15) is 22.1 Å². The molecule has 2 N–H and O–H groups in total. The first-order valence-corrected chi connectivity index (χ1v) is 11.2. The highest BCUT2D eigenvalue weighted by Crippen LogP contribution is 2.37. The average Bonchev–Trinajstić information content (AvgIpc) is 3.40. The van der Waals surface area contributed by atoms with E-state index >= 15 is 0 Å². The van der Waals surface area contributed by atoms with Gasteiger partial charge < -0.3 is 14.5 Å². The fraction of sp³-hybridized carbons (Fsp3) is 0.368. The number of hydrogen-bond acceptors (Lipinski definition) is 8. The highest BCUT2D eigenvalue weighted by Gasteiger charge is 2.24. The Morgan fingerprint density at radius 2 is 2.17 bits per heavy atom. The zero-order valence-electron chi connectivity index (χ0n) is 16.8. The number of aromatic amines is 1. The Morgan fingerprint density at radius 3 is 2.83 bits per heavy atom. The molecule has 0 aromatic carbocycles. The van der Waals surface area contributed by atoms with Crippen molar-refractivity contribution < 1.29 is 18.7 Å². The maximum atomic E-state index is 12.5. The van der Waals surface area contributed by atoms with Crippen LogP contribution in [0.5, 0.6) is 0 Å². The van der Waals surface area contributed by atoms with E-state index in [0.29, 0.717) is 33.8 Å². The van der Waals surface area contributed by atoms with Crippen molar-refractivity contribution >= 4 is 40.0 Å². The lowest BCUT2D eigenvalue weighted by Gasteiger charge is -2.08. The Kier molecular flexibility index (Phi) is 7.16. The SMILES string of the molecule is CCCn1c(SCC(=O)Nc2scc(-c3ccc(C)o3)c2C(=O)OCC)n[nH]c1=O. The first-order valence-electron chi connectivity index (χ1n) is 9.37. The molecule has 160 valence electrons. The third-order valence-corrected chi connectivity index (χ3v) is 5.90. The van der Waals surface area contributed by atoms with Crippen LogP contribution in [0.15, 0.2) is 31.9 Å². The third kappa shape index (κ3) is 4.85. The van der Waals surface area contributed by atoms with Crippen molar-refractivity contribution in [1.82, 2.24) is 14.8 Å². The maximum Gasteiger partial charge on any atom is 0.343 e. The van der Waals surface area contributed by atoms with Gasteiger partial charge in [0.25, 0.3) is 0 Å². The zero-order valence-corrected chi connectivity index (χ0v) is 18.4. The standard InChI is InChI=1S/C19H22N4O5S2/c1-4-8-23-18(26)21-22-19(23)30-10-14(24)20-16-15(17(25)27-5-2)12(9-29-16)13-7-6-11(3)28-13/h6-7,9H,4-5,8,10H2,1-3H3,(H,20,24)(H,21,26). The van der Waals surface area contributed by atoms with Crippen LogP contribution in [0.25, 0.3) is 11.3 Å². The number of thiophene rings is 1. The summed E-state index contributed by atoms with van der Waals surface area (Å²) < 4.78 is 12.3. The monoisotopic (exact) mass is 450 g/mol. The van der Waals surface area contributed by atoms with E-state index in [-0.39, 0.29) is 29.5 Å². The molecule has 11 heteroatoms. The molecule has 0 bridgehead atoms. The van der Waals surface area contributed by atoms with Crippen LogP contribution in [-0.2, 0) is 16.1 Å². The molecule has 1 amide bonds. The van der Waals surface area contributed by atoms with Gasteiger partial charge in [0.15, 0.2) is 5.16 Å². The summed E-state index contributed by atoms with van der Waals surface area (Å²) in [4.78, 5) is 36.8. The highest BCUT2D eigenvalue weighted by atomic mass is 32.2. The molecule has 3 aromatic heterocycles. The van der Waals surface area contributed by atoms with Gasteiger partial charge in [0.2, 0.25) is 5.91 Å². The Labute approximate surface area is 180 Å². The summed E-state index contributed by atoms with van der Waals surface area (Å²) in [7, 11) is 0. The molecule has 0 fully saturated rings. The minimum Gasteiger partial charge on any atom is -0.462 e. The lowest BCUT2D eigenvalue weighted by molar-refractivity contribution is -0.113. The predicted molar refractivity (Wildman–Crippen MR) is 115 cm³/mol. The first kappa shape index (κ1) is 21.9. The number of ether oxygens (including phenoxy) is 1. The number of anilines is 1. The number of esters is 1. The molecule has 3 heterocycles. The lowest BCUT2D eigenvalue weighted by Crippen LogP contribution is -2.19. The van der Waals surface area contributed by atoms with Crippen LogP contribution in [0.2, 0.25) is 0 Å². The number of thioether (sulfide) groups is 1. The zero-order chi connectivity index (χ0) is 21.7. The molecular weight excluding hydrogens is 428 g/mol. The van der Waals surface area contributed by atoms with Crippen LogP contribution in [0.1, 0.15) is 36.4 Å². The van der Waals surface area contributed by atoms with Gasteiger partial charge in [-0.1, -0.05) is 18.7 Å². The van der Waals surface area contributed by atoms with Gasteiger partial charge in [-0.25, -0.2) is 14.7 Å². The second kappa shape index (κ2) is 9.81. The second-order valence-electron chi connectivity index (χ2n) is 6.28. The summed E-state index contributed by atoms with van der Waals surface area (Å²) in [5.41, 5.74) is 0.525. The molecule has 9 nitrogen and oxygen atoms in total. The number of rotatable bonds is 9. The highest BCUT2D eigenvalue weighted by molar-refractivity contribution is 7.99. The number of amides is 1. The van der Waals surface area contributed by atoms with E-state index in [9.17, 15) is 14.4 Å². The Morgan fingerprint density at radius 1 is 1.37 bits per heavy atom. The Hall–Kier alpha value is -2.79. The van der Waals surface area contributed by atoms with E-state index in [2.05, 4.69) is 15.5 Å². The Balaban J connectivity index is 1.77. The number of furan rings is 1. The molecule has 0 unspecified atom stereocenters. The van der Waals surface area contributed by atoms with E-state index < -0.39 is 5.97 Å². The van der Waals surface area contributed by atoms with Gasteiger partial charge in [0.05, 0.1) is 12.4 Å². The summed E-state index contributed by atoms with van der Waals surface area (Å²) in [6.45, 7) is 6.21. The van der Waals surface area contributed by atoms with E-state index in [0.717, 1.165) is 18.2 Å². The maximum absolute atomic E-state index is 12.5. The van der Waals surface area contributed by atoms with Crippen molar-refractivity contribution in [1.29, 1.82) is 0 Å². The van der Waals surface area contributed by atoms with Crippen molar-refractivity contribution in [3.05, 3.63) is 39.3 Å². The summed E-state index contributed by atoms with van der Waals surface area (Å²) in [6.07, 6.45) is 0.770. The van der Waals surface area contributed by atoms with Gasteiger partial charge in [-0.2, -0.15) is 0 Å². The van der Waals surface area contributed by atoms with Crippen LogP contribution < -0.4 is 11.0 Å². The topological polar surface area (TPSA) is 119 Å². The van der Waals surface area contributed by atoms with E-state index in [4.69, 9.17) is 9.15 Å². The van der Waals surface area contributed by atoms with Crippen molar-refractivity contribution in [3.8, 4) is 11.3 Å². The molecule has 0 saturated heterocycles. The first-order chi connectivity index (χ1) is 14.4. The van der Waals surface area contributed by atoms with Gasteiger partial charge in [-0.15, -0.1) is 16.4 Å². The molecule has 3 aromatic rings. The molecule has 0 aliphatic carbocycles. The second-order valence-corrected chi connectivity index (χ2v) is 8.11. The number of nitrogens with zero attached hydrogens (tertiary/aromatic N) is 2. The normalized spacial score (nSPS) is 10.9. The number of H-pyrrole nitrogens is 1. The molecule has 0 saturated carbocycles. The number of carbonyl (C=O) groups excluding carboxylic acids is 2. The fourth-order valence-corrected chi connectivity index (χ4v) is 4.47. The lowest BCUT2D eigenvalue weighted by atomic mass is 10.1.